The van der Waals surface area contributed by atoms with E-state index in [1.807, 2.05) is 42.5 Å². The molecular weight excluding hydrogens is 377 g/mol. The summed E-state index contributed by atoms with van der Waals surface area (Å²) in [6.45, 7) is 2.09. The summed E-state index contributed by atoms with van der Waals surface area (Å²) in [4.78, 5) is 0. The van der Waals surface area contributed by atoms with Gasteiger partial charge < -0.3 is 5.32 Å². The van der Waals surface area contributed by atoms with E-state index in [4.69, 9.17) is 11.6 Å². The highest BCUT2D eigenvalue weighted by Gasteiger charge is 2.10. The van der Waals surface area contributed by atoms with Crippen molar-refractivity contribution >= 4 is 49.1 Å². The maximum atomic E-state index is 6.19. The minimum atomic E-state index is 0.149. The minimum absolute atomic E-state index is 0.149. The zero-order valence-corrected chi connectivity index (χ0v) is 13.7. The molecule has 0 spiro atoms. The number of rotatable bonds is 3. The van der Waals surface area contributed by atoms with Gasteiger partial charge in [0.15, 0.2) is 0 Å². The van der Waals surface area contributed by atoms with Gasteiger partial charge in [-0.15, -0.1) is 0 Å². The highest BCUT2D eigenvalue weighted by atomic mass is 79.9. The molecule has 1 unspecified atom stereocenters. The molecule has 94 valence electrons. The van der Waals surface area contributed by atoms with Gasteiger partial charge in [0.25, 0.3) is 0 Å². The Kier molecular flexibility index (Phi) is 4.71. The van der Waals surface area contributed by atoms with Gasteiger partial charge in [0.1, 0.15) is 0 Å². The normalized spacial score (nSPS) is 12.2. The molecular formula is C14H12Br2ClN. The Labute approximate surface area is 129 Å². The van der Waals surface area contributed by atoms with E-state index in [0.29, 0.717) is 0 Å². The Morgan fingerprint density at radius 3 is 2.50 bits per heavy atom. The van der Waals surface area contributed by atoms with Gasteiger partial charge in [-0.1, -0.05) is 45.7 Å². The fraction of sp³-hybridized carbons (Fsp3) is 0.143. The second-order valence-corrected chi connectivity index (χ2v) is 6.19. The third-order valence-corrected chi connectivity index (χ3v) is 4.17. The van der Waals surface area contributed by atoms with Crippen LogP contribution in [0.3, 0.4) is 0 Å². The lowest BCUT2D eigenvalue weighted by atomic mass is 10.1. The molecule has 0 fully saturated rings. The van der Waals surface area contributed by atoms with Crippen LogP contribution in [-0.4, -0.2) is 0 Å². The van der Waals surface area contributed by atoms with Gasteiger partial charge in [0.05, 0.1) is 6.04 Å². The summed E-state index contributed by atoms with van der Waals surface area (Å²) in [7, 11) is 0. The largest absolute Gasteiger partial charge is 0.378 e. The van der Waals surface area contributed by atoms with Gasteiger partial charge in [0.2, 0.25) is 0 Å². The molecule has 0 saturated carbocycles. The SMILES string of the molecule is CC(Nc1ccc(Br)cc1Br)c1ccccc1Cl. The number of anilines is 1. The van der Waals surface area contributed by atoms with Crippen LogP contribution < -0.4 is 5.32 Å². The average molecular weight is 390 g/mol. The van der Waals surface area contributed by atoms with Crippen LogP contribution in [0.4, 0.5) is 5.69 Å². The lowest BCUT2D eigenvalue weighted by Gasteiger charge is -2.18. The van der Waals surface area contributed by atoms with E-state index in [2.05, 4.69) is 44.1 Å². The second-order valence-electron chi connectivity index (χ2n) is 4.01. The Morgan fingerprint density at radius 1 is 1.11 bits per heavy atom. The van der Waals surface area contributed by atoms with E-state index in [1.54, 1.807) is 0 Å². The van der Waals surface area contributed by atoms with Crippen molar-refractivity contribution in [1.29, 1.82) is 0 Å². The highest BCUT2D eigenvalue weighted by molar-refractivity contribution is 9.11. The Balaban J connectivity index is 2.21. The number of nitrogens with one attached hydrogen (secondary N) is 1. The minimum Gasteiger partial charge on any atom is -0.378 e. The molecule has 0 radical (unpaired) electrons. The molecule has 1 nitrogen and oxygen atoms in total. The van der Waals surface area contributed by atoms with E-state index >= 15 is 0 Å². The van der Waals surface area contributed by atoms with Crippen LogP contribution in [-0.2, 0) is 0 Å². The van der Waals surface area contributed by atoms with Gasteiger partial charge in [-0.2, -0.15) is 0 Å². The molecule has 0 aliphatic carbocycles. The average Bonchev–Trinajstić information content (AvgIpc) is 2.33. The lowest BCUT2D eigenvalue weighted by molar-refractivity contribution is 0.884. The number of benzene rings is 2. The molecule has 2 rings (SSSR count). The zero-order chi connectivity index (χ0) is 13.1. The highest BCUT2D eigenvalue weighted by Crippen LogP contribution is 2.31. The topological polar surface area (TPSA) is 12.0 Å². The molecule has 2 aromatic carbocycles. The van der Waals surface area contributed by atoms with Crippen molar-refractivity contribution in [3.05, 3.63) is 62.0 Å². The van der Waals surface area contributed by atoms with Crippen molar-refractivity contribution in [2.45, 2.75) is 13.0 Å². The second kappa shape index (κ2) is 6.09. The van der Waals surface area contributed by atoms with Crippen molar-refractivity contribution in [3.63, 3.8) is 0 Å². The monoisotopic (exact) mass is 387 g/mol. The predicted molar refractivity (Wildman–Crippen MR) is 85.3 cm³/mol. The Hall–Kier alpha value is -0.510. The third-order valence-electron chi connectivity index (χ3n) is 2.67. The summed E-state index contributed by atoms with van der Waals surface area (Å²) in [5.41, 5.74) is 2.14. The zero-order valence-electron chi connectivity index (χ0n) is 9.75. The van der Waals surface area contributed by atoms with Crippen LogP contribution in [0.2, 0.25) is 5.02 Å². The summed E-state index contributed by atoms with van der Waals surface area (Å²) in [5.74, 6) is 0. The van der Waals surface area contributed by atoms with Gasteiger partial charge in [-0.05, 0) is 52.7 Å². The molecule has 0 aliphatic heterocycles. The quantitative estimate of drug-likeness (QED) is 0.675. The molecule has 4 heteroatoms. The van der Waals surface area contributed by atoms with E-state index in [-0.39, 0.29) is 6.04 Å². The van der Waals surface area contributed by atoms with E-state index in [0.717, 1.165) is 25.2 Å². The Morgan fingerprint density at radius 2 is 1.83 bits per heavy atom. The molecule has 18 heavy (non-hydrogen) atoms. The van der Waals surface area contributed by atoms with Gasteiger partial charge in [-0.25, -0.2) is 0 Å². The van der Waals surface area contributed by atoms with Crippen molar-refractivity contribution in [1.82, 2.24) is 0 Å². The molecule has 0 saturated heterocycles. The molecule has 0 heterocycles. The van der Waals surface area contributed by atoms with Crippen LogP contribution in [0, 0.1) is 0 Å². The van der Waals surface area contributed by atoms with Gasteiger partial charge in [-0.3, -0.25) is 0 Å². The van der Waals surface area contributed by atoms with Gasteiger partial charge >= 0.3 is 0 Å². The van der Waals surface area contributed by atoms with E-state index in [9.17, 15) is 0 Å². The summed E-state index contributed by atoms with van der Waals surface area (Å²) in [6, 6.07) is 14.1. The van der Waals surface area contributed by atoms with Crippen molar-refractivity contribution < 1.29 is 0 Å². The van der Waals surface area contributed by atoms with E-state index < -0.39 is 0 Å². The first-order valence-electron chi connectivity index (χ1n) is 5.54. The predicted octanol–water partition coefficient (Wildman–Crippen LogP) is 6.04. The number of halogens is 3. The maximum absolute atomic E-state index is 6.19. The molecule has 2 aromatic rings. The number of hydrogen-bond donors (Lipinski definition) is 1. The molecule has 1 N–H and O–H groups in total. The third kappa shape index (κ3) is 3.28. The first-order valence-corrected chi connectivity index (χ1v) is 7.50. The Bertz CT molecular complexity index is 557. The fourth-order valence-electron chi connectivity index (χ4n) is 1.74. The molecule has 0 amide bonds. The van der Waals surface area contributed by atoms with Crippen LogP contribution in [0.25, 0.3) is 0 Å². The van der Waals surface area contributed by atoms with Crippen LogP contribution in [0.15, 0.2) is 51.4 Å². The number of hydrogen-bond acceptors (Lipinski definition) is 1. The standard InChI is InChI=1S/C14H12Br2ClN/c1-9(11-4-2-3-5-13(11)17)18-14-7-6-10(15)8-12(14)16/h2-9,18H,1H3. The van der Waals surface area contributed by atoms with Crippen LogP contribution in [0.1, 0.15) is 18.5 Å². The summed E-state index contributed by atoms with van der Waals surface area (Å²) >= 11 is 13.2. The van der Waals surface area contributed by atoms with Crippen molar-refractivity contribution in [3.8, 4) is 0 Å². The van der Waals surface area contributed by atoms with Crippen molar-refractivity contribution in [2.24, 2.45) is 0 Å². The smallest absolute Gasteiger partial charge is 0.0500 e. The molecule has 1 atom stereocenters. The maximum Gasteiger partial charge on any atom is 0.0500 e. The molecule has 0 aromatic heterocycles. The molecule has 0 aliphatic rings. The van der Waals surface area contributed by atoms with Crippen molar-refractivity contribution in [2.75, 3.05) is 5.32 Å². The summed E-state index contributed by atoms with van der Waals surface area (Å²) in [5, 5.41) is 4.23. The summed E-state index contributed by atoms with van der Waals surface area (Å²) < 4.78 is 2.07. The fourth-order valence-corrected chi connectivity index (χ4v) is 3.20. The summed E-state index contributed by atoms with van der Waals surface area (Å²) in [6.07, 6.45) is 0. The first kappa shape index (κ1) is 13.9. The van der Waals surface area contributed by atoms with Crippen LogP contribution >= 0.6 is 43.5 Å². The van der Waals surface area contributed by atoms with Crippen LogP contribution in [0.5, 0.6) is 0 Å². The van der Waals surface area contributed by atoms with Gasteiger partial charge in [0, 0.05) is 19.7 Å². The van der Waals surface area contributed by atoms with E-state index in [1.165, 1.54) is 0 Å². The molecule has 0 bridgehead atoms. The first-order chi connectivity index (χ1) is 8.58. The lowest BCUT2D eigenvalue weighted by Crippen LogP contribution is -2.07.